The van der Waals surface area contributed by atoms with Crippen molar-refractivity contribution < 1.29 is 28.6 Å². The van der Waals surface area contributed by atoms with Crippen LogP contribution >= 0.6 is 0 Å². The summed E-state index contributed by atoms with van der Waals surface area (Å²) in [5, 5.41) is 0. The van der Waals surface area contributed by atoms with Crippen molar-refractivity contribution in [2.75, 3.05) is 13.2 Å². The third kappa shape index (κ3) is 63.4. The molecule has 0 aliphatic carbocycles. The zero-order chi connectivity index (χ0) is 56.4. The Balaban J connectivity index is 4.36. The molecule has 0 spiro atoms. The van der Waals surface area contributed by atoms with Gasteiger partial charge in [-0.1, -0.05) is 305 Å². The van der Waals surface area contributed by atoms with Crippen LogP contribution in [0.2, 0.25) is 0 Å². The van der Waals surface area contributed by atoms with Crippen molar-refractivity contribution in [3.05, 3.63) is 85.1 Å². The first-order valence-electron chi connectivity index (χ1n) is 33.6. The molecule has 0 bridgehead atoms. The van der Waals surface area contributed by atoms with Gasteiger partial charge in [0.15, 0.2) is 6.10 Å². The minimum absolute atomic E-state index is 0.0869. The maximum Gasteiger partial charge on any atom is 0.306 e. The van der Waals surface area contributed by atoms with Gasteiger partial charge in [0.25, 0.3) is 0 Å². The lowest BCUT2D eigenvalue weighted by Gasteiger charge is -2.18. The van der Waals surface area contributed by atoms with Gasteiger partial charge in [-0.15, -0.1) is 0 Å². The lowest BCUT2D eigenvalue weighted by Crippen LogP contribution is -2.30. The molecule has 0 saturated heterocycles. The smallest absolute Gasteiger partial charge is 0.306 e. The summed E-state index contributed by atoms with van der Waals surface area (Å²) in [6.07, 6.45) is 87.4. The molecule has 0 N–H and O–H groups in total. The lowest BCUT2D eigenvalue weighted by molar-refractivity contribution is -0.167. The molecule has 0 aliphatic heterocycles. The van der Waals surface area contributed by atoms with Gasteiger partial charge in [-0.05, 0) is 96.3 Å². The number of unbranched alkanes of at least 4 members (excludes halogenated alkanes) is 36. The van der Waals surface area contributed by atoms with Crippen LogP contribution in [0.15, 0.2) is 85.1 Å². The Hall–Kier alpha value is -3.41. The number of hydrogen-bond acceptors (Lipinski definition) is 6. The van der Waals surface area contributed by atoms with Crippen LogP contribution in [-0.2, 0) is 28.6 Å². The fourth-order valence-corrected chi connectivity index (χ4v) is 9.62. The molecule has 1 unspecified atom stereocenters. The van der Waals surface area contributed by atoms with Gasteiger partial charge in [0, 0.05) is 19.3 Å². The molecule has 0 rings (SSSR count). The van der Waals surface area contributed by atoms with Crippen molar-refractivity contribution >= 4 is 17.9 Å². The predicted octanol–water partition coefficient (Wildman–Crippen LogP) is 23.1. The summed E-state index contributed by atoms with van der Waals surface area (Å²) in [5.41, 5.74) is 0. The molecule has 450 valence electrons. The van der Waals surface area contributed by atoms with E-state index < -0.39 is 6.10 Å². The number of hydrogen-bond donors (Lipinski definition) is 0. The van der Waals surface area contributed by atoms with Gasteiger partial charge in [0.1, 0.15) is 13.2 Å². The summed E-state index contributed by atoms with van der Waals surface area (Å²) in [4.78, 5) is 38.4. The minimum Gasteiger partial charge on any atom is -0.462 e. The third-order valence-electron chi connectivity index (χ3n) is 14.6. The number of carbonyl (C=O) groups excluding carboxylic acids is 3. The van der Waals surface area contributed by atoms with E-state index in [-0.39, 0.29) is 31.1 Å². The summed E-state index contributed by atoms with van der Waals surface area (Å²) >= 11 is 0. The monoisotopic (exact) mass is 1090 g/mol. The zero-order valence-electron chi connectivity index (χ0n) is 51.7. The van der Waals surface area contributed by atoms with Crippen LogP contribution in [0.1, 0.15) is 335 Å². The largest absolute Gasteiger partial charge is 0.462 e. The molecule has 0 saturated carbocycles. The van der Waals surface area contributed by atoms with E-state index in [0.717, 1.165) is 103 Å². The highest BCUT2D eigenvalue weighted by Gasteiger charge is 2.19. The van der Waals surface area contributed by atoms with Crippen LogP contribution < -0.4 is 0 Å². The summed E-state index contributed by atoms with van der Waals surface area (Å²) < 4.78 is 16.9. The Morgan fingerprint density at radius 3 is 0.795 bits per heavy atom. The first-order chi connectivity index (χ1) is 38.5. The molecular weight excluding hydrogens is 961 g/mol. The Kier molecular flexibility index (Phi) is 63.2. The molecule has 1 atom stereocenters. The van der Waals surface area contributed by atoms with Crippen molar-refractivity contribution in [1.82, 2.24) is 0 Å². The van der Waals surface area contributed by atoms with E-state index in [2.05, 4.69) is 106 Å². The first-order valence-corrected chi connectivity index (χ1v) is 33.6. The van der Waals surface area contributed by atoms with Gasteiger partial charge in [-0.3, -0.25) is 14.4 Å². The number of carbonyl (C=O) groups is 3. The predicted molar refractivity (Wildman–Crippen MR) is 339 cm³/mol. The topological polar surface area (TPSA) is 78.9 Å². The SMILES string of the molecule is CC/C=C\C/C=C\C/C=C\C/C=C\C/C=C\CCCCCC(=O)OC(COC(=O)CCCCCCCCCCCCCCC/C=C\C/C=C\CCCCCCC)COC(=O)CCCCCCCCCCCCCCCCCC. The highest BCUT2D eigenvalue weighted by molar-refractivity contribution is 5.71. The highest BCUT2D eigenvalue weighted by Crippen LogP contribution is 2.17. The normalized spacial score (nSPS) is 12.6. The Bertz CT molecular complexity index is 1480. The second-order valence-electron chi connectivity index (χ2n) is 22.4. The van der Waals surface area contributed by atoms with Gasteiger partial charge in [0.2, 0.25) is 0 Å². The fraction of sp³-hybridized carbons (Fsp3) is 0.764. The van der Waals surface area contributed by atoms with Gasteiger partial charge < -0.3 is 14.2 Å². The number of rotatable bonds is 61. The molecule has 0 aliphatic rings. The summed E-state index contributed by atoms with van der Waals surface area (Å²) in [6, 6.07) is 0. The maximum absolute atomic E-state index is 12.9. The van der Waals surface area contributed by atoms with Crippen LogP contribution in [0.3, 0.4) is 0 Å². The molecule has 78 heavy (non-hydrogen) atoms. The molecule has 0 amide bonds. The molecule has 0 fully saturated rings. The van der Waals surface area contributed by atoms with Crippen LogP contribution in [0, 0.1) is 0 Å². The quantitative estimate of drug-likeness (QED) is 0.0261. The molecule has 0 heterocycles. The average molecular weight is 1090 g/mol. The summed E-state index contributed by atoms with van der Waals surface area (Å²) in [5.74, 6) is -0.903. The number of allylic oxidation sites excluding steroid dienone is 14. The highest BCUT2D eigenvalue weighted by atomic mass is 16.6. The number of esters is 3. The minimum atomic E-state index is -0.794. The Morgan fingerprint density at radius 2 is 0.500 bits per heavy atom. The van der Waals surface area contributed by atoms with Crippen LogP contribution in [0.5, 0.6) is 0 Å². The van der Waals surface area contributed by atoms with Gasteiger partial charge in [-0.2, -0.15) is 0 Å². The summed E-state index contributed by atoms with van der Waals surface area (Å²) in [6.45, 7) is 6.53. The molecule has 0 aromatic carbocycles. The summed E-state index contributed by atoms with van der Waals surface area (Å²) in [7, 11) is 0. The molecule has 0 aromatic heterocycles. The van der Waals surface area contributed by atoms with Crippen LogP contribution in [-0.4, -0.2) is 37.2 Å². The van der Waals surface area contributed by atoms with Gasteiger partial charge in [-0.25, -0.2) is 0 Å². The van der Waals surface area contributed by atoms with Crippen molar-refractivity contribution in [2.24, 2.45) is 0 Å². The van der Waals surface area contributed by atoms with Crippen LogP contribution in [0.25, 0.3) is 0 Å². The van der Waals surface area contributed by atoms with E-state index in [1.165, 1.54) is 193 Å². The second kappa shape index (κ2) is 66.1. The Labute approximate surface area is 484 Å². The zero-order valence-corrected chi connectivity index (χ0v) is 51.7. The van der Waals surface area contributed by atoms with E-state index >= 15 is 0 Å². The fourth-order valence-electron chi connectivity index (χ4n) is 9.62. The van der Waals surface area contributed by atoms with Gasteiger partial charge >= 0.3 is 17.9 Å². The standard InChI is InChI=1S/C72H126O6/c1-4-7-10-13-16-19-22-25-28-31-33-34-35-36-37-38-40-41-44-47-50-53-56-59-62-65-71(74)77-68-69(67-76-70(73)64-61-58-55-52-49-46-43-30-27-24-21-18-15-12-9-6-3)78-72(75)66-63-60-57-54-51-48-45-42-39-32-29-26-23-20-17-14-11-8-5-2/h8,11,17,20,22,25-26,29,31,33,39,42,48,51,69H,4-7,9-10,12-16,18-19,21,23-24,27-28,30,32,34-38,40-41,43-47,49-50,52-68H2,1-3H3/b11-8-,20-17-,25-22-,29-26-,33-31-,42-39-,51-48-. The van der Waals surface area contributed by atoms with Crippen molar-refractivity contribution in [3.63, 3.8) is 0 Å². The van der Waals surface area contributed by atoms with E-state index in [1.807, 2.05) is 0 Å². The molecule has 6 heteroatoms. The van der Waals surface area contributed by atoms with Crippen LogP contribution in [0.4, 0.5) is 0 Å². The molecule has 0 radical (unpaired) electrons. The third-order valence-corrected chi connectivity index (χ3v) is 14.6. The van der Waals surface area contributed by atoms with E-state index in [0.29, 0.717) is 19.3 Å². The molecule has 0 aromatic rings. The van der Waals surface area contributed by atoms with Gasteiger partial charge in [0.05, 0.1) is 0 Å². The van der Waals surface area contributed by atoms with E-state index in [9.17, 15) is 14.4 Å². The van der Waals surface area contributed by atoms with E-state index in [1.54, 1.807) is 0 Å². The molecular formula is C72H126O6. The lowest BCUT2D eigenvalue weighted by atomic mass is 10.0. The first kappa shape index (κ1) is 74.6. The molecule has 6 nitrogen and oxygen atoms in total. The van der Waals surface area contributed by atoms with Crippen molar-refractivity contribution in [1.29, 1.82) is 0 Å². The van der Waals surface area contributed by atoms with E-state index in [4.69, 9.17) is 14.2 Å². The van der Waals surface area contributed by atoms with Crippen molar-refractivity contribution in [2.45, 2.75) is 341 Å². The average Bonchev–Trinajstić information content (AvgIpc) is 3.44. The Morgan fingerprint density at radius 1 is 0.269 bits per heavy atom. The second-order valence-corrected chi connectivity index (χ2v) is 22.4. The van der Waals surface area contributed by atoms with Crippen molar-refractivity contribution in [3.8, 4) is 0 Å². The number of ether oxygens (including phenoxy) is 3. The maximum atomic E-state index is 12.9.